The largest absolute Gasteiger partial charge is 0.495 e. The summed E-state index contributed by atoms with van der Waals surface area (Å²) in [6, 6.07) is 2.64. The highest BCUT2D eigenvalue weighted by Gasteiger charge is 2.45. The second-order valence-corrected chi connectivity index (χ2v) is 10.1. The van der Waals surface area contributed by atoms with E-state index in [9.17, 15) is 13.6 Å². The molecule has 212 valence electrons. The van der Waals surface area contributed by atoms with Gasteiger partial charge < -0.3 is 29.7 Å². The van der Waals surface area contributed by atoms with Crippen molar-refractivity contribution in [2.45, 2.75) is 24.4 Å². The van der Waals surface area contributed by atoms with Crippen molar-refractivity contribution in [3.05, 3.63) is 41.0 Å². The van der Waals surface area contributed by atoms with Gasteiger partial charge >= 0.3 is 0 Å². The van der Waals surface area contributed by atoms with Crippen LogP contribution in [-0.2, 0) is 9.53 Å². The molecule has 0 radical (unpaired) electrons. The zero-order valence-corrected chi connectivity index (χ0v) is 23.2. The molecule has 1 aromatic carbocycles. The van der Waals surface area contributed by atoms with Gasteiger partial charge in [-0.2, -0.15) is 0 Å². The molecule has 0 bridgehead atoms. The number of rotatable bonds is 8. The number of ether oxygens (including phenoxy) is 3. The summed E-state index contributed by atoms with van der Waals surface area (Å²) >= 11 is 13.2. The number of aromatic nitrogens is 3. The van der Waals surface area contributed by atoms with E-state index in [0.717, 1.165) is 0 Å². The lowest BCUT2D eigenvalue weighted by Gasteiger charge is -2.40. The van der Waals surface area contributed by atoms with Crippen LogP contribution in [0, 0.1) is 0 Å². The first kappa shape index (κ1) is 28.1. The average Bonchev–Trinajstić information content (AvgIpc) is 2.92. The molecule has 2 N–H and O–H groups in total. The second-order valence-electron chi connectivity index (χ2n) is 9.39. The summed E-state index contributed by atoms with van der Waals surface area (Å²) in [5, 5.41) is 6.97. The van der Waals surface area contributed by atoms with Gasteiger partial charge in [0.05, 0.1) is 61.7 Å². The fraction of sp³-hybridized carbons (Fsp3) is 0.385. The zero-order chi connectivity index (χ0) is 28.6. The number of benzene rings is 1. The average molecular weight is 595 g/mol. The van der Waals surface area contributed by atoms with E-state index >= 15 is 0 Å². The summed E-state index contributed by atoms with van der Waals surface area (Å²) in [6.07, 6.45) is 3.33. The molecule has 0 unspecified atom stereocenters. The van der Waals surface area contributed by atoms with Crippen molar-refractivity contribution in [2.75, 3.05) is 50.7 Å². The molecule has 5 rings (SSSR count). The van der Waals surface area contributed by atoms with E-state index in [1.54, 1.807) is 18.3 Å². The van der Waals surface area contributed by atoms with Gasteiger partial charge in [-0.15, -0.1) is 0 Å². The fourth-order valence-electron chi connectivity index (χ4n) is 4.67. The number of anilines is 2. The van der Waals surface area contributed by atoms with Gasteiger partial charge in [0.25, 0.3) is 5.92 Å². The van der Waals surface area contributed by atoms with Crippen LogP contribution in [0.25, 0.3) is 22.2 Å². The Balaban J connectivity index is 1.58. The normalized spacial score (nSPS) is 20.0. The zero-order valence-electron chi connectivity index (χ0n) is 21.6. The molecule has 14 heteroatoms. The first-order valence-electron chi connectivity index (χ1n) is 12.3. The Hall–Kier alpha value is -3.48. The van der Waals surface area contributed by atoms with Crippen LogP contribution in [0.5, 0.6) is 11.5 Å². The maximum atomic E-state index is 13.9. The third-order valence-corrected chi connectivity index (χ3v) is 7.46. The van der Waals surface area contributed by atoms with E-state index in [4.69, 9.17) is 37.4 Å². The number of hydrogen-bond acceptors (Lipinski definition) is 9. The van der Waals surface area contributed by atoms with E-state index in [0.29, 0.717) is 53.3 Å². The summed E-state index contributed by atoms with van der Waals surface area (Å²) in [5.41, 5.74) is 0.974. The Morgan fingerprint density at radius 1 is 1.18 bits per heavy atom. The Morgan fingerprint density at radius 2 is 1.88 bits per heavy atom. The van der Waals surface area contributed by atoms with Gasteiger partial charge in [0, 0.05) is 29.8 Å². The third-order valence-electron chi connectivity index (χ3n) is 6.70. The minimum atomic E-state index is -2.86. The highest BCUT2D eigenvalue weighted by atomic mass is 35.5. The number of hydrogen-bond donors (Lipinski definition) is 2. The van der Waals surface area contributed by atoms with Crippen molar-refractivity contribution in [1.82, 2.24) is 20.3 Å². The van der Waals surface area contributed by atoms with Crippen molar-refractivity contribution in [2.24, 2.45) is 0 Å². The molecule has 0 saturated carbocycles. The minimum absolute atomic E-state index is 0.184. The van der Waals surface area contributed by atoms with Crippen LogP contribution >= 0.6 is 23.2 Å². The predicted octanol–water partition coefficient (Wildman–Crippen LogP) is 4.34. The van der Waals surface area contributed by atoms with Crippen molar-refractivity contribution in [1.29, 1.82) is 0 Å². The lowest BCUT2D eigenvalue weighted by atomic mass is 10.0. The number of methoxy groups -OCH3 is 2. The van der Waals surface area contributed by atoms with E-state index in [-0.39, 0.29) is 39.8 Å². The molecule has 2 aromatic heterocycles. The third kappa shape index (κ3) is 5.43. The van der Waals surface area contributed by atoms with E-state index < -0.39 is 19.0 Å². The Kier molecular flexibility index (Phi) is 7.85. The Bertz CT molecular complexity index is 1440. The number of fused-ring (bicyclic) bond motifs is 1. The predicted molar refractivity (Wildman–Crippen MR) is 148 cm³/mol. The molecule has 2 atom stereocenters. The van der Waals surface area contributed by atoms with Crippen LogP contribution in [0.3, 0.4) is 0 Å². The van der Waals surface area contributed by atoms with E-state index in [2.05, 4.69) is 32.2 Å². The number of carbonyl (C=O) groups excluding carboxylic acids is 1. The molecule has 2 aliphatic rings. The number of nitrogens with zero attached hydrogens (tertiary/aromatic N) is 4. The van der Waals surface area contributed by atoms with Gasteiger partial charge in [-0.25, -0.2) is 23.7 Å². The van der Waals surface area contributed by atoms with Gasteiger partial charge in [-0.1, -0.05) is 29.8 Å². The van der Waals surface area contributed by atoms with Crippen LogP contribution in [0.4, 0.5) is 20.5 Å². The van der Waals surface area contributed by atoms with E-state index in [1.807, 2.05) is 0 Å². The molecule has 2 saturated heterocycles. The van der Waals surface area contributed by atoms with Crippen LogP contribution in [0.15, 0.2) is 31.0 Å². The number of alkyl halides is 2. The summed E-state index contributed by atoms with van der Waals surface area (Å²) in [7, 11) is 2.90. The van der Waals surface area contributed by atoms with Crippen molar-refractivity contribution >= 4 is 51.8 Å². The Morgan fingerprint density at radius 3 is 2.50 bits per heavy atom. The number of amides is 1. The molecular weight excluding hydrogens is 569 g/mol. The molecule has 0 spiro atoms. The summed E-state index contributed by atoms with van der Waals surface area (Å²) in [5.74, 6) is -2.11. The number of carbonyl (C=O) groups is 1. The monoisotopic (exact) mass is 594 g/mol. The summed E-state index contributed by atoms with van der Waals surface area (Å²) < 4.78 is 44.2. The highest BCUT2D eigenvalue weighted by molar-refractivity contribution is 6.41. The van der Waals surface area contributed by atoms with Gasteiger partial charge in [-0.05, 0) is 18.6 Å². The molecule has 10 nitrogen and oxygen atoms in total. The fourth-order valence-corrected chi connectivity index (χ4v) is 5.37. The maximum Gasteiger partial charge on any atom is 0.282 e. The van der Waals surface area contributed by atoms with Crippen LogP contribution in [0.2, 0.25) is 10.0 Å². The van der Waals surface area contributed by atoms with Crippen molar-refractivity contribution in [3.63, 3.8) is 0 Å². The molecule has 40 heavy (non-hydrogen) atoms. The number of halogens is 4. The minimum Gasteiger partial charge on any atom is -0.495 e. The van der Waals surface area contributed by atoms with Crippen LogP contribution in [-0.4, -0.2) is 79.4 Å². The smallest absolute Gasteiger partial charge is 0.282 e. The van der Waals surface area contributed by atoms with Crippen LogP contribution in [0.1, 0.15) is 6.42 Å². The van der Waals surface area contributed by atoms with Gasteiger partial charge in [-0.3, -0.25) is 4.79 Å². The second kappa shape index (κ2) is 11.2. The first-order valence-corrected chi connectivity index (χ1v) is 13.1. The van der Waals surface area contributed by atoms with Gasteiger partial charge in [0.2, 0.25) is 11.9 Å². The SMILES string of the molecule is C=CC(=O)N[C@H]1CCOC[C@H]1Nc1ncc2cc(-c3c(Cl)c(OC)cc(OC)c3Cl)nc(N3CC(F)(F)C3)c2n1. The molecular formula is C26H26Cl2F2N6O4. The maximum absolute atomic E-state index is 13.9. The lowest BCUT2D eigenvalue weighted by molar-refractivity contribution is -0.117. The van der Waals surface area contributed by atoms with Gasteiger partial charge in [0.15, 0.2) is 5.82 Å². The van der Waals surface area contributed by atoms with Crippen LogP contribution < -0.4 is 25.0 Å². The molecule has 2 aliphatic heterocycles. The lowest BCUT2D eigenvalue weighted by Crippen LogP contribution is -2.56. The first-order chi connectivity index (χ1) is 19.1. The number of nitrogens with one attached hydrogen (secondary N) is 2. The highest BCUT2D eigenvalue weighted by Crippen LogP contribution is 2.47. The van der Waals surface area contributed by atoms with Gasteiger partial charge in [0.1, 0.15) is 17.0 Å². The quantitative estimate of drug-likeness (QED) is 0.368. The number of pyridine rings is 1. The molecule has 0 aliphatic carbocycles. The molecule has 4 heterocycles. The molecule has 3 aromatic rings. The molecule has 1 amide bonds. The summed E-state index contributed by atoms with van der Waals surface area (Å²) in [4.78, 5) is 27.1. The van der Waals surface area contributed by atoms with E-state index in [1.165, 1.54) is 25.2 Å². The standard InChI is InChI=1S/C26H26Cl2F2N6O4/c1-4-19(37)32-14-5-6-40-10-16(14)34-25-31-9-13-7-15(20-21(27)17(38-2)8-18(39-3)22(20)28)33-24(23(13)35-25)36-11-26(29,30)12-36/h4,7-9,14,16H,1,5-6,10-12H2,2-3H3,(H,32,37)(H,31,34,35)/t14-,16+/m0/s1. The van der Waals surface area contributed by atoms with Crippen molar-refractivity contribution < 1.29 is 27.8 Å². The summed E-state index contributed by atoms with van der Waals surface area (Å²) in [6.45, 7) is 3.23. The molecule has 2 fully saturated rings. The van der Waals surface area contributed by atoms with Crippen molar-refractivity contribution in [3.8, 4) is 22.8 Å². The Labute approximate surface area is 238 Å². The topological polar surface area (TPSA) is 111 Å².